The van der Waals surface area contributed by atoms with Crippen LogP contribution >= 0.6 is 23.2 Å². The fraction of sp³-hybridized carbons (Fsp3) is 0.400. The Morgan fingerprint density at radius 2 is 2.12 bits per heavy atom. The zero-order chi connectivity index (χ0) is 18.3. The van der Waals surface area contributed by atoms with Crippen LogP contribution in [0.2, 0.25) is 10.0 Å². The molecule has 0 aliphatic heterocycles. The quantitative estimate of drug-likeness (QED) is 0.550. The summed E-state index contributed by atoms with van der Waals surface area (Å²) < 4.78 is 5.73. The fourth-order valence-corrected chi connectivity index (χ4v) is 4.60. The summed E-state index contributed by atoms with van der Waals surface area (Å²) >= 11 is 12.0. The lowest BCUT2D eigenvalue weighted by Gasteiger charge is -2.15. The maximum absolute atomic E-state index is 12.4. The highest BCUT2D eigenvalue weighted by Gasteiger charge is 2.64. The Morgan fingerprint density at radius 3 is 2.85 bits per heavy atom. The van der Waals surface area contributed by atoms with E-state index >= 15 is 0 Å². The molecule has 4 nitrogen and oxygen atoms in total. The van der Waals surface area contributed by atoms with Crippen molar-refractivity contribution in [3.05, 3.63) is 46.1 Å². The van der Waals surface area contributed by atoms with Crippen molar-refractivity contribution < 1.29 is 9.21 Å². The minimum absolute atomic E-state index is 0.0203. The molecular formula is C20H20Cl2N2O2. The molecule has 1 amide bonds. The van der Waals surface area contributed by atoms with Crippen molar-refractivity contribution in [1.29, 1.82) is 0 Å². The predicted octanol–water partition coefficient (Wildman–Crippen LogP) is 5.53. The average molecular weight is 391 g/mol. The van der Waals surface area contributed by atoms with E-state index in [2.05, 4.69) is 17.5 Å². The number of hydrogen-bond acceptors (Lipinski definition) is 3. The monoisotopic (exact) mass is 390 g/mol. The van der Waals surface area contributed by atoms with Crippen molar-refractivity contribution in [1.82, 2.24) is 5.43 Å². The van der Waals surface area contributed by atoms with Gasteiger partial charge in [-0.05, 0) is 54.5 Å². The van der Waals surface area contributed by atoms with Gasteiger partial charge in [-0.15, -0.1) is 0 Å². The molecule has 0 unspecified atom stereocenters. The number of furan rings is 1. The van der Waals surface area contributed by atoms with Gasteiger partial charge in [-0.25, -0.2) is 5.43 Å². The van der Waals surface area contributed by atoms with Gasteiger partial charge in [0.05, 0.1) is 16.3 Å². The second kappa shape index (κ2) is 6.75. The Kier molecular flexibility index (Phi) is 4.57. The fourth-order valence-electron chi connectivity index (χ4n) is 4.31. The van der Waals surface area contributed by atoms with E-state index in [0.717, 1.165) is 18.4 Å². The summed E-state index contributed by atoms with van der Waals surface area (Å²) in [6.07, 6.45) is 6.28. The molecule has 26 heavy (non-hydrogen) atoms. The van der Waals surface area contributed by atoms with E-state index in [-0.39, 0.29) is 17.2 Å². The van der Waals surface area contributed by atoms with Crippen molar-refractivity contribution in [3.8, 4) is 11.3 Å². The first-order chi connectivity index (χ1) is 12.5. The van der Waals surface area contributed by atoms with E-state index < -0.39 is 0 Å². The van der Waals surface area contributed by atoms with Gasteiger partial charge >= 0.3 is 0 Å². The number of amides is 1. The highest BCUT2D eigenvalue weighted by Crippen LogP contribution is 2.66. The summed E-state index contributed by atoms with van der Waals surface area (Å²) in [5.74, 6) is 1.87. The third-order valence-corrected chi connectivity index (χ3v) is 6.55. The molecule has 0 radical (unpaired) electrons. The lowest BCUT2D eigenvalue weighted by molar-refractivity contribution is -0.123. The number of halogens is 2. The van der Waals surface area contributed by atoms with Gasteiger partial charge < -0.3 is 4.42 Å². The van der Waals surface area contributed by atoms with E-state index in [0.29, 0.717) is 27.5 Å². The van der Waals surface area contributed by atoms with Gasteiger partial charge in [0, 0.05) is 11.5 Å². The third kappa shape index (κ3) is 3.17. The van der Waals surface area contributed by atoms with Crippen LogP contribution in [0.15, 0.2) is 39.9 Å². The number of carbonyl (C=O) groups is 1. The number of benzene rings is 1. The molecular weight excluding hydrogens is 371 g/mol. The summed E-state index contributed by atoms with van der Waals surface area (Å²) in [7, 11) is 0. The van der Waals surface area contributed by atoms with Crippen LogP contribution in [-0.4, -0.2) is 12.1 Å². The van der Waals surface area contributed by atoms with Crippen molar-refractivity contribution in [3.63, 3.8) is 0 Å². The Balaban J connectivity index is 1.38. The Morgan fingerprint density at radius 1 is 1.27 bits per heavy atom. The molecule has 1 N–H and O–H groups in total. The van der Waals surface area contributed by atoms with Crippen molar-refractivity contribution in [2.75, 3.05) is 0 Å². The lowest BCUT2D eigenvalue weighted by Crippen LogP contribution is -2.22. The molecule has 0 bridgehead atoms. The normalized spacial score (nSPS) is 27.3. The van der Waals surface area contributed by atoms with Crippen molar-refractivity contribution >= 4 is 35.3 Å². The molecule has 0 saturated heterocycles. The number of nitrogens with zero attached hydrogens (tertiary/aromatic N) is 1. The molecule has 2 fully saturated rings. The molecule has 2 aliphatic carbocycles. The number of hydrogen-bond donors (Lipinski definition) is 1. The summed E-state index contributed by atoms with van der Waals surface area (Å²) in [5.41, 5.74) is 3.69. The molecule has 136 valence electrons. The molecule has 2 aromatic rings. The van der Waals surface area contributed by atoms with Crippen LogP contribution < -0.4 is 5.43 Å². The zero-order valence-corrected chi connectivity index (χ0v) is 16.0. The number of fused-ring (bicyclic) bond motifs is 1. The van der Waals surface area contributed by atoms with Crippen LogP contribution in [-0.2, 0) is 4.79 Å². The average Bonchev–Trinajstić information content (AvgIpc) is 2.98. The number of hydrazone groups is 1. The van der Waals surface area contributed by atoms with E-state index in [1.807, 2.05) is 12.1 Å². The van der Waals surface area contributed by atoms with Gasteiger partial charge in [0.2, 0.25) is 5.91 Å². The first kappa shape index (κ1) is 17.6. The molecule has 1 aromatic carbocycles. The third-order valence-electron chi connectivity index (χ3n) is 5.81. The van der Waals surface area contributed by atoms with E-state index in [1.54, 1.807) is 18.2 Å². The number of nitrogens with one attached hydrogen (secondary N) is 1. The Bertz CT molecular complexity index is 876. The molecule has 2 aliphatic rings. The molecule has 1 aromatic heterocycles. The predicted molar refractivity (Wildman–Crippen MR) is 103 cm³/mol. The first-order valence-corrected chi connectivity index (χ1v) is 9.63. The largest absolute Gasteiger partial charge is 0.455 e. The molecule has 0 spiro atoms. The molecule has 4 rings (SSSR count). The SMILES string of the molecule is C[C@]12CCCC[C@H]1[C@@H]2C(=O)N/N=C\c1ccc(-c2ccc(Cl)c(Cl)c2)o1. The Hall–Kier alpha value is -1.78. The topological polar surface area (TPSA) is 54.6 Å². The maximum Gasteiger partial charge on any atom is 0.244 e. The first-order valence-electron chi connectivity index (χ1n) is 8.87. The van der Waals surface area contributed by atoms with E-state index in [4.69, 9.17) is 27.6 Å². The molecule has 1 heterocycles. The minimum Gasteiger partial charge on any atom is -0.455 e. The van der Waals surface area contributed by atoms with Gasteiger partial charge in [-0.3, -0.25) is 4.79 Å². The standard InChI is InChI=1S/C20H20Cl2N2O2/c1-20-9-3-2-4-14(20)18(20)19(25)24-23-11-13-6-8-17(26-13)12-5-7-15(21)16(22)10-12/h5-8,10-11,14,18H,2-4,9H2,1H3,(H,24,25)/b23-11-/t14-,18+,20-/m0/s1. The van der Waals surface area contributed by atoms with Crippen LogP contribution in [0.25, 0.3) is 11.3 Å². The highest BCUT2D eigenvalue weighted by atomic mass is 35.5. The molecule has 3 atom stereocenters. The van der Waals surface area contributed by atoms with Crippen molar-refractivity contribution in [2.24, 2.45) is 22.4 Å². The van der Waals surface area contributed by atoms with Crippen LogP contribution in [0.3, 0.4) is 0 Å². The van der Waals surface area contributed by atoms with Crippen LogP contribution in [0.5, 0.6) is 0 Å². The van der Waals surface area contributed by atoms with E-state index in [1.165, 1.54) is 19.1 Å². The maximum atomic E-state index is 12.4. The number of carbonyl (C=O) groups excluding carboxylic acids is 1. The van der Waals surface area contributed by atoms with Crippen LogP contribution in [0.1, 0.15) is 38.4 Å². The van der Waals surface area contributed by atoms with Gasteiger partial charge in [0.1, 0.15) is 11.5 Å². The Labute approximate surface area is 162 Å². The van der Waals surface area contributed by atoms with Crippen LogP contribution in [0.4, 0.5) is 0 Å². The minimum atomic E-state index is 0.0203. The zero-order valence-electron chi connectivity index (χ0n) is 14.5. The van der Waals surface area contributed by atoms with Crippen molar-refractivity contribution in [2.45, 2.75) is 32.6 Å². The summed E-state index contributed by atoms with van der Waals surface area (Å²) in [4.78, 5) is 12.4. The number of rotatable bonds is 4. The highest BCUT2D eigenvalue weighted by molar-refractivity contribution is 6.42. The lowest BCUT2D eigenvalue weighted by atomic mass is 9.90. The molecule has 2 saturated carbocycles. The second-order valence-electron chi connectivity index (χ2n) is 7.40. The van der Waals surface area contributed by atoms with Gasteiger partial charge in [-0.1, -0.05) is 43.0 Å². The molecule has 6 heteroatoms. The smallest absolute Gasteiger partial charge is 0.244 e. The summed E-state index contributed by atoms with van der Waals surface area (Å²) in [6.45, 7) is 2.22. The van der Waals surface area contributed by atoms with Gasteiger partial charge in [0.25, 0.3) is 0 Å². The van der Waals surface area contributed by atoms with Gasteiger partial charge in [-0.2, -0.15) is 5.10 Å². The summed E-state index contributed by atoms with van der Waals surface area (Å²) in [6, 6.07) is 8.95. The second-order valence-corrected chi connectivity index (χ2v) is 8.22. The summed E-state index contributed by atoms with van der Waals surface area (Å²) in [5, 5.41) is 5.04. The van der Waals surface area contributed by atoms with Gasteiger partial charge in [0.15, 0.2) is 0 Å². The van der Waals surface area contributed by atoms with E-state index in [9.17, 15) is 4.79 Å². The van der Waals surface area contributed by atoms with Crippen LogP contribution in [0, 0.1) is 17.3 Å².